The van der Waals surface area contributed by atoms with E-state index in [1.54, 1.807) is 0 Å². The van der Waals surface area contributed by atoms with Gasteiger partial charge < -0.3 is 5.84 Å². The minimum absolute atomic E-state index is 1.03. The third-order valence-electron chi connectivity index (χ3n) is 2.14. The molecule has 15 heavy (non-hydrogen) atoms. The van der Waals surface area contributed by atoms with Gasteiger partial charge in [0.1, 0.15) is 8.07 Å². The zero-order chi connectivity index (χ0) is 11.3. The van der Waals surface area contributed by atoms with Crippen molar-refractivity contribution in [2.75, 3.05) is 0 Å². The van der Waals surface area contributed by atoms with E-state index in [0.29, 0.717) is 0 Å². The molecule has 80 valence electrons. The largest absolute Gasteiger partial charge is 0.323 e. The highest BCUT2D eigenvalue weighted by Gasteiger charge is 2.18. The van der Waals surface area contributed by atoms with Crippen LogP contribution in [0.5, 0.6) is 0 Å². The molecule has 1 rings (SSSR count). The molecular formula is C12H18N2Si. The van der Waals surface area contributed by atoms with Crippen molar-refractivity contribution in [3.8, 4) is 0 Å². The fraction of sp³-hybridized carbons (Fsp3) is 0.250. The van der Waals surface area contributed by atoms with Gasteiger partial charge in [-0.3, -0.25) is 0 Å². The summed E-state index contributed by atoms with van der Waals surface area (Å²) in [6.07, 6.45) is 4.09. The van der Waals surface area contributed by atoms with Crippen LogP contribution in [0.4, 0.5) is 0 Å². The molecule has 0 spiro atoms. The third-order valence-corrected chi connectivity index (χ3v) is 3.97. The number of rotatable bonds is 3. The first-order valence-corrected chi connectivity index (χ1v) is 8.55. The molecule has 0 amide bonds. The van der Waals surface area contributed by atoms with E-state index in [2.05, 4.69) is 43.0 Å². The molecule has 0 radical (unpaired) electrons. The van der Waals surface area contributed by atoms with Crippen molar-refractivity contribution < 1.29 is 0 Å². The Morgan fingerprint density at radius 3 is 2.27 bits per heavy atom. The number of hydrogen-bond acceptors (Lipinski definition) is 2. The van der Waals surface area contributed by atoms with Crippen LogP contribution in [0.2, 0.25) is 19.6 Å². The molecule has 2 nitrogen and oxygen atoms in total. The van der Waals surface area contributed by atoms with E-state index >= 15 is 0 Å². The van der Waals surface area contributed by atoms with E-state index < -0.39 is 8.07 Å². The second-order valence-electron chi connectivity index (χ2n) is 4.51. The first-order chi connectivity index (χ1) is 7.04. The highest BCUT2D eigenvalue weighted by Crippen LogP contribution is 2.07. The smallest absolute Gasteiger partial charge is 0.104 e. The van der Waals surface area contributed by atoms with E-state index in [1.807, 2.05) is 24.3 Å². The van der Waals surface area contributed by atoms with Crippen molar-refractivity contribution in [1.82, 2.24) is 0 Å². The van der Waals surface area contributed by atoms with Crippen LogP contribution in [0.15, 0.2) is 41.5 Å². The molecule has 0 aliphatic rings. The van der Waals surface area contributed by atoms with Crippen LogP contribution >= 0.6 is 0 Å². The van der Waals surface area contributed by atoms with Gasteiger partial charge in [-0.05, 0) is 11.6 Å². The zero-order valence-electron chi connectivity index (χ0n) is 9.57. The number of hydrazone groups is 1. The van der Waals surface area contributed by atoms with Crippen LogP contribution in [0.25, 0.3) is 6.08 Å². The number of benzene rings is 1. The second kappa shape index (κ2) is 4.93. The normalized spacial score (nSPS) is 13.4. The SMILES string of the molecule is C[Si](C)(C)C(/C=C/c1ccccc1)=N/N. The van der Waals surface area contributed by atoms with Gasteiger partial charge in [-0.25, -0.2) is 0 Å². The molecule has 1 aromatic rings. The molecule has 0 atom stereocenters. The van der Waals surface area contributed by atoms with Gasteiger partial charge in [-0.1, -0.05) is 56.0 Å². The maximum absolute atomic E-state index is 5.39. The van der Waals surface area contributed by atoms with Crippen molar-refractivity contribution >= 4 is 19.5 Å². The Morgan fingerprint density at radius 1 is 1.20 bits per heavy atom. The second-order valence-corrected chi connectivity index (χ2v) is 9.52. The molecule has 1 aromatic carbocycles. The molecule has 2 N–H and O–H groups in total. The Balaban J connectivity index is 2.82. The van der Waals surface area contributed by atoms with Crippen LogP contribution < -0.4 is 5.84 Å². The van der Waals surface area contributed by atoms with Crippen molar-refractivity contribution in [3.63, 3.8) is 0 Å². The van der Waals surface area contributed by atoms with Crippen molar-refractivity contribution in [3.05, 3.63) is 42.0 Å². The van der Waals surface area contributed by atoms with E-state index in [1.165, 1.54) is 5.56 Å². The lowest BCUT2D eigenvalue weighted by atomic mass is 10.2. The summed E-state index contributed by atoms with van der Waals surface area (Å²) in [5, 5.41) is 4.90. The van der Waals surface area contributed by atoms with Gasteiger partial charge in [0.15, 0.2) is 0 Å². The van der Waals surface area contributed by atoms with Crippen LogP contribution in [-0.4, -0.2) is 13.4 Å². The molecule has 0 saturated heterocycles. The van der Waals surface area contributed by atoms with Crippen LogP contribution in [0.1, 0.15) is 5.56 Å². The quantitative estimate of drug-likeness (QED) is 0.360. The fourth-order valence-corrected chi connectivity index (χ4v) is 2.20. The topological polar surface area (TPSA) is 38.4 Å². The molecule has 0 aliphatic carbocycles. The highest BCUT2D eigenvalue weighted by atomic mass is 28.3. The van der Waals surface area contributed by atoms with E-state index in [9.17, 15) is 0 Å². The number of allylic oxidation sites excluding steroid dienone is 1. The molecule has 0 saturated carbocycles. The van der Waals surface area contributed by atoms with Crippen molar-refractivity contribution in [2.45, 2.75) is 19.6 Å². The summed E-state index contributed by atoms with van der Waals surface area (Å²) in [6.45, 7) is 6.69. The Morgan fingerprint density at radius 2 is 1.80 bits per heavy atom. The Labute approximate surface area is 92.5 Å². The minimum Gasteiger partial charge on any atom is -0.323 e. The molecule has 0 fully saturated rings. The molecule has 3 heteroatoms. The van der Waals surface area contributed by atoms with Gasteiger partial charge in [0, 0.05) is 5.33 Å². The average molecular weight is 218 g/mol. The van der Waals surface area contributed by atoms with Crippen LogP contribution in [0, 0.1) is 0 Å². The molecule has 0 bridgehead atoms. The predicted molar refractivity (Wildman–Crippen MR) is 70.4 cm³/mol. The Kier molecular flexibility index (Phi) is 3.86. The van der Waals surface area contributed by atoms with Gasteiger partial charge in [0.05, 0.1) is 0 Å². The molecule has 0 unspecified atom stereocenters. The van der Waals surface area contributed by atoms with Crippen LogP contribution in [-0.2, 0) is 0 Å². The predicted octanol–water partition coefficient (Wildman–Crippen LogP) is 2.89. The standard InChI is InChI=1S/C12H18N2Si/c1-15(2,3)12(14-13)10-9-11-7-5-4-6-8-11/h4-10H,13H2,1-3H3/b10-9+,14-12+. The van der Waals surface area contributed by atoms with Gasteiger partial charge in [0.2, 0.25) is 0 Å². The lowest BCUT2D eigenvalue weighted by molar-refractivity contribution is 1.26. The third kappa shape index (κ3) is 3.71. The number of nitrogens with zero attached hydrogens (tertiary/aromatic N) is 1. The number of nitrogens with two attached hydrogens (primary N) is 1. The van der Waals surface area contributed by atoms with E-state index in [4.69, 9.17) is 5.84 Å². The highest BCUT2D eigenvalue weighted by molar-refractivity contribution is 7.06. The summed E-state index contributed by atoms with van der Waals surface area (Å²) in [5.41, 5.74) is 1.18. The van der Waals surface area contributed by atoms with Gasteiger partial charge >= 0.3 is 0 Å². The molecule has 0 aliphatic heterocycles. The average Bonchev–Trinajstić information content (AvgIpc) is 2.18. The van der Waals surface area contributed by atoms with Gasteiger partial charge in [0.25, 0.3) is 0 Å². The lowest BCUT2D eigenvalue weighted by Gasteiger charge is -2.14. The minimum atomic E-state index is -1.40. The van der Waals surface area contributed by atoms with Crippen molar-refractivity contribution in [1.29, 1.82) is 0 Å². The first-order valence-electron chi connectivity index (χ1n) is 5.05. The molecule has 0 heterocycles. The maximum atomic E-state index is 5.39. The fourth-order valence-electron chi connectivity index (χ4n) is 1.23. The van der Waals surface area contributed by atoms with E-state index in [-0.39, 0.29) is 0 Å². The summed E-state index contributed by atoms with van der Waals surface area (Å²) < 4.78 is 0. The van der Waals surface area contributed by atoms with Gasteiger partial charge in [-0.2, -0.15) is 5.10 Å². The maximum Gasteiger partial charge on any atom is 0.104 e. The Bertz CT molecular complexity index is 361. The van der Waals surface area contributed by atoms with E-state index in [0.717, 1.165) is 5.33 Å². The summed E-state index contributed by atoms with van der Waals surface area (Å²) in [6, 6.07) is 10.2. The summed E-state index contributed by atoms with van der Waals surface area (Å²) in [7, 11) is -1.40. The van der Waals surface area contributed by atoms with Crippen molar-refractivity contribution in [2.24, 2.45) is 10.9 Å². The summed E-state index contributed by atoms with van der Waals surface area (Å²) >= 11 is 0. The number of hydrogen-bond donors (Lipinski definition) is 1. The first kappa shape index (κ1) is 11.7. The summed E-state index contributed by atoms with van der Waals surface area (Å²) in [4.78, 5) is 0. The lowest BCUT2D eigenvalue weighted by Crippen LogP contribution is -2.32. The Hall–Kier alpha value is -1.35. The monoisotopic (exact) mass is 218 g/mol. The molecular weight excluding hydrogens is 200 g/mol. The zero-order valence-corrected chi connectivity index (χ0v) is 10.6. The summed E-state index contributed by atoms with van der Waals surface area (Å²) in [5.74, 6) is 5.39. The van der Waals surface area contributed by atoms with Crippen LogP contribution in [0.3, 0.4) is 0 Å². The van der Waals surface area contributed by atoms with Gasteiger partial charge in [-0.15, -0.1) is 0 Å². The molecule has 0 aromatic heterocycles.